The van der Waals surface area contributed by atoms with Gasteiger partial charge in [-0.3, -0.25) is 4.79 Å². The summed E-state index contributed by atoms with van der Waals surface area (Å²) in [6, 6.07) is 0. The van der Waals surface area contributed by atoms with Crippen molar-refractivity contribution in [2.45, 2.75) is 0 Å². The molecule has 0 aliphatic rings. The smallest absolute Gasteiger partial charge is 0.372 e. The van der Waals surface area contributed by atoms with Crippen LogP contribution in [-0.2, 0) is 11.8 Å². The average Bonchev–Trinajstić information content (AvgIpc) is 2.46. The Labute approximate surface area is 93.7 Å². The van der Waals surface area contributed by atoms with Crippen molar-refractivity contribution in [2.75, 3.05) is 5.32 Å². The second-order valence-electron chi connectivity index (χ2n) is 2.72. The Morgan fingerprint density at radius 2 is 2.27 bits per heavy atom. The molecule has 0 saturated carbocycles. The summed E-state index contributed by atoms with van der Waals surface area (Å²) in [5, 5.41) is 11.1. The zero-order valence-electron chi connectivity index (χ0n) is 7.82. The summed E-state index contributed by atoms with van der Waals surface area (Å²) in [4.78, 5) is 25.5. The number of rotatable bonds is 3. The number of aromatic carboxylic acids is 1. The molecule has 1 aromatic rings. The molecule has 0 aliphatic heterocycles. The van der Waals surface area contributed by atoms with E-state index in [9.17, 15) is 9.59 Å². The molecule has 1 heterocycles. The standard InChI is InChI=1S/C8H8BrN3O3/c1-4(9)7(13)11-5-3-12(2)6(10-5)8(14)15/h3H,1H2,2H3,(H,11,13)(H,14,15). The van der Waals surface area contributed by atoms with E-state index in [-0.39, 0.29) is 16.1 Å². The Balaban J connectivity index is 2.89. The van der Waals surface area contributed by atoms with Crippen LogP contribution in [0.1, 0.15) is 10.6 Å². The maximum absolute atomic E-state index is 11.1. The molecule has 80 valence electrons. The van der Waals surface area contributed by atoms with Gasteiger partial charge in [-0.2, -0.15) is 0 Å². The monoisotopic (exact) mass is 273 g/mol. The molecule has 0 aromatic carbocycles. The van der Waals surface area contributed by atoms with Crippen molar-refractivity contribution in [2.24, 2.45) is 7.05 Å². The summed E-state index contributed by atoms with van der Waals surface area (Å²) in [7, 11) is 1.52. The fraction of sp³-hybridized carbons (Fsp3) is 0.125. The lowest BCUT2D eigenvalue weighted by atomic mass is 10.5. The number of imidazole rings is 1. The number of carbonyl (C=O) groups is 2. The van der Waals surface area contributed by atoms with Gasteiger partial charge in [0.1, 0.15) is 0 Å². The zero-order valence-corrected chi connectivity index (χ0v) is 9.41. The molecule has 1 amide bonds. The van der Waals surface area contributed by atoms with Crippen LogP contribution in [0, 0.1) is 0 Å². The normalized spacial score (nSPS) is 9.73. The number of hydrogen-bond donors (Lipinski definition) is 2. The Bertz CT molecular complexity index is 438. The molecule has 1 rings (SSSR count). The number of nitrogens with zero attached hydrogens (tertiary/aromatic N) is 2. The second kappa shape index (κ2) is 4.26. The van der Waals surface area contributed by atoms with Crippen LogP contribution in [0.15, 0.2) is 17.3 Å². The van der Waals surface area contributed by atoms with Crippen molar-refractivity contribution < 1.29 is 14.7 Å². The largest absolute Gasteiger partial charge is 0.475 e. The van der Waals surface area contributed by atoms with E-state index >= 15 is 0 Å². The van der Waals surface area contributed by atoms with Crippen LogP contribution in [0.5, 0.6) is 0 Å². The first kappa shape index (κ1) is 11.4. The topological polar surface area (TPSA) is 84.2 Å². The molecule has 0 saturated heterocycles. The van der Waals surface area contributed by atoms with Crippen molar-refractivity contribution in [3.05, 3.63) is 23.1 Å². The Morgan fingerprint density at radius 1 is 1.67 bits per heavy atom. The van der Waals surface area contributed by atoms with Crippen LogP contribution in [0.3, 0.4) is 0 Å². The molecular weight excluding hydrogens is 266 g/mol. The Morgan fingerprint density at radius 3 is 2.67 bits per heavy atom. The van der Waals surface area contributed by atoms with E-state index in [2.05, 4.69) is 32.8 Å². The quantitative estimate of drug-likeness (QED) is 0.804. The first-order valence-corrected chi connectivity index (χ1v) is 4.63. The molecule has 0 aliphatic carbocycles. The maximum atomic E-state index is 11.1. The highest BCUT2D eigenvalue weighted by Crippen LogP contribution is 2.10. The van der Waals surface area contributed by atoms with Gasteiger partial charge in [-0.1, -0.05) is 6.58 Å². The minimum atomic E-state index is -1.16. The van der Waals surface area contributed by atoms with Crippen molar-refractivity contribution in [3.8, 4) is 0 Å². The molecule has 0 radical (unpaired) electrons. The van der Waals surface area contributed by atoms with E-state index in [4.69, 9.17) is 5.11 Å². The van der Waals surface area contributed by atoms with E-state index in [0.29, 0.717) is 0 Å². The van der Waals surface area contributed by atoms with Gasteiger partial charge in [0, 0.05) is 13.2 Å². The zero-order chi connectivity index (χ0) is 11.6. The molecular formula is C8H8BrN3O3. The molecule has 0 atom stereocenters. The van der Waals surface area contributed by atoms with E-state index in [1.54, 1.807) is 0 Å². The van der Waals surface area contributed by atoms with Gasteiger partial charge in [0.15, 0.2) is 5.82 Å². The molecule has 0 unspecified atom stereocenters. The number of aromatic nitrogens is 2. The predicted molar refractivity (Wildman–Crippen MR) is 56.9 cm³/mol. The minimum absolute atomic E-state index is 0.144. The first-order valence-electron chi connectivity index (χ1n) is 3.84. The van der Waals surface area contributed by atoms with Gasteiger partial charge in [0.05, 0.1) is 4.48 Å². The number of anilines is 1. The number of aryl methyl sites for hydroxylation is 1. The highest BCUT2D eigenvalue weighted by atomic mass is 79.9. The van der Waals surface area contributed by atoms with Crippen LogP contribution in [0.25, 0.3) is 0 Å². The van der Waals surface area contributed by atoms with Crippen molar-refractivity contribution in [1.82, 2.24) is 9.55 Å². The number of amides is 1. The summed E-state index contributed by atoms with van der Waals surface area (Å²) < 4.78 is 1.44. The summed E-state index contributed by atoms with van der Waals surface area (Å²) >= 11 is 2.89. The lowest BCUT2D eigenvalue weighted by molar-refractivity contribution is -0.112. The van der Waals surface area contributed by atoms with E-state index < -0.39 is 11.9 Å². The average molecular weight is 274 g/mol. The van der Waals surface area contributed by atoms with Gasteiger partial charge in [-0.15, -0.1) is 0 Å². The SMILES string of the molecule is C=C(Br)C(=O)Nc1cn(C)c(C(=O)O)n1. The number of nitrogens with one attached hydrogen (secondary N) is 1. The highest BCUT2D eigenvalue weighted by Gasteiger charge is 2.13. The number of hydrogen-bond acceptors (Lipinski definition) is 3. The molecule has 15 heavy (non-hydrogen) atoms. The number of carboxylic acid groups (broad SMARTS) is 1. The molecule has 6 nitrogen and oxygen atoms in total. The van der Waals surface area contributed by atoms with Crippen LogP contribution >= 0.6 is 15.9 Å². The highest BCUT2D eigenvalue weighted by molar-refractivity contribution is 9.12. The van der Waals surface area contributed by atoms with E-state index in [1.165, 1.54) is 17.8 Å². The number of carbonyl (C=O) groups excluding carboxylic acids is 1. The van der Waals surface area contributed by atoms with Crippen LogP contribution in [0.2, 0.25) is 0 Å². The number of halogens is 1. The molecule has 0 fully saturated rings. The van der Waals surface area contributed by atoms with Crippen molar-refractivity contribution in [1.29, 1.82) is 0 Å². The summed E-state index contributed by atoms with van der Waals surface area (Å²) in [5.74, 6) is -1.60. The lowest BCUT2D eigenvalue weighted by Crippen LogP contribution is -2.11. The van der Waals surface area contributed by atoms with Crippen LogP contribution in [-0.4, -0.2) is 26.5 Å². The third-order valence-corrected chi connectivity index (χ3v) is 1.92. The molecule has 1 aromatic heterocycles. The third kappa shape index (κ3) is 2.66. The molecule has 2 N–H and O–H groups in total. The van der Waals surface area contributed by atoms with E-state index in [0.717, 1.165) is 0 Å². The molecule has 0 spiro atoms. The van der Waals surface area contributed by atoms with Gasteiger partial charge in [0.2, 0.25) is 5.82 Å². The first-order chi connectivity index (χ1) is 6.91. The van der Waals surface area contributed by atoms with Gasteiger partial charge in [0.25, 0.3) is 5.91 Å². The predicted octanol–water partition coefficient (Wildman–Crippen LogP) is 0.965. The van der Waals surface area contributed by atoms with Gasteiger partial charge < -0.3 is 15.0 Å². The second-order valence-corrected chi connectivity index (χ2v) is 3.68. The van der Waals surface area contributed by atoms with Gasteiger partial charge >= 0.3 is 5.97 Å². The minimum Gasteiger partial charge on any atom is -0.475 e. The summed E-state index contributed by atoms with van der Waals surface area (Å²) in [6.07, 6.45) is 1.40. The van der Waals surface area contributed by atoms with Crippen LogP contribution < -0.4 is 5.32 Å². The van der Waals surface area contributed by atoms with Crippen LogP contribution in [0.4, 0.5) is 5.82 Å². The number of carboxylic acids is 1. The fourth-order valence-electron chi connectivity index (χ4n) is 0.909. The fourth-order valence-corrected chi connectivity index (χ4v) is 1.01. The van der Waals surface area contributed by atoms with Gasteiger partial charge in [-0.25, -0.2) is 9.78 Å². The van der Waals surface area contributed by atoms with Crippen molar-refractivity contribution in [3.63, 3.8) is 0 Å². The third-order valence-electron chi connectivity index (χ3n) is 1.56. The van der Waals surface area contributed by atoms with Gasteiger partial charge in [-0.05, 0) is 15.9 Å². The Kier molecular flexibility index (Phi) is 3.25. The summed E-state index contributed by atoms with van der Waals surface area (Å²) in [5.41, 5.74) is 0. The Hall–Kier alpha value is -1.63. The molecule has 0 bridgehead atoms. The molecule has 7 heteroatoms. The lowest BCUT2D eigenvalue weighted by Gasteiger charge is -1.97. The van der Waals surface area contributed by atoms with Crippen molar-refractivity contribution >= 4 is 33.6 Å². The van der Waals surface area contributed by atoms with E-state index in [1.807, 2.05) is 0 Å². The summed E-state index contributed by atoms with van der Waals surface area (Å²) in [6.45, 7) is 3.37. The maximum Gasteiger partial charge on any atom is 0.372 e.